The van der Waals surface area contributed by atoms with E-state index in [1.807, 2.05) is 19.9 Å². The number of nitrogens with one attached hydrogen (secondary N) is 2. The predicted octanol–water partition coefficient (Wildman–Crippen LogP) is -0.812. The molecular weight excluding hydrogens is 538 g/mol. The van der Waals surface area contributed by atoms with Crippen LogP contribution >= 0.6 is 0 Å². The normalized spacial score (nSPS) is 40.3. The van der Waals surface area contributed by atoms with Crippen LogP contribution in [0.5, 0.6) is 0 Å². The van der Waals surface area contributed by atoms with Crippen molar-refractivity contribution < 1.29 is 39.1 Å². The van der Waals surface area contributed by atoms with Gasteiger partial charge in [0.15, 0.2) is 6.29 Å². The van der Waals surface area contributed by atoms with Gasteiger partial charge in [-0.2, -0.15) is 4.91 Å². The topological polar surface area (TPSA) is 220 Å². The number of rotatable bonds is 13. The highest BCUT2D eigenvalue weighted by molar-refractivity contribution is 5.80. The van der Waals surface area contributed by atoms with Gasteiger partial charge in [0, 0.05) is 24.4 Å². The first kappa shape index (κ1) is 33.7. The molecule has 2 heterocycles. The number of carbonyl (C=O) groups excluding carboxylic acids is 1. The minimum Gasteiger partial charge on any atom is -0.467 e. The first-order valence-corrected chi connectivity index (χ1v) is 14.6. The summed E-state index contributed by atoms with van der Waals surface area (Å²) in [5.41, 5.74) is 11.6. The van der Waals surface area contributed by atoms with Crippen LogP contribution in [-0.4, -0.2) is 108 Å². The molecule has 0 aromatic heterocycles. The third-order valence-corrected chi connectivity index (χ3v) is 8.39. The molecule has 2 fully saturated rings. The molecule has 3 rings (SSSR count). The number of nitroso groups, excluding NO2 is 1. The average molecular weight is 588 g/mol. The maximum absolute atomic E-state index is 12.7. The van der Waals surface area contributed by atoms with E-state index in [1.54, 1.807) is 13.8 Å². The van der Waals surface area contributed by atoms with Crippen LogP contribution in [0.25, 0.3) is 0 Å². The molecule has 1 saturated heterocycles. The molecule has 14 heteroatoms. The van der Waals surface area contributed by atoms with Gasteiger partial charge < -0.3 is 56.4 Å². The highest BCUT2D eigenvalue weighted by Gasteiger charge is 2.51. The molecule has 9 N–H and O–H groups in total. The van der Waals surface area contributed by atoms with Gasteiger partial charge in [-0.3, -0.25) is 4.79 Å². The number of hydrogen-bond acceptors (Lipinski definition) is 13. The fourth-order valence-corrected chi connectivity index (χ4v) is 6.00. The summed E-state index contributed by atoms with van der Waals surface area (Å²) in [5.74, 6) is -0.863. The van der Waals surface area contributed by atoms with Gasteiger partial charge >= 0.3 is 0 Å². The molecule has 5 unspecified atom stereocenters. The van der Waals surface area contributed by atoms with Crippen molar-refractivity contribution in [2.45, 2.75) is 114 Å². The summed E-state index contributed by atoms with van der Waals surface area (Å²) >= 11 is 0. The van der Waals surface area contributed by atoms with Gasteiger partial charge in [0.25, 0.3) is 0 Å². The molecule has 3 aliphatic rings. The highest BCUT2D eigenvalue weighted by Crippen LogP contribution is 2.38. The second-order valence-electron chi connectivity index (χ2n) is 11.6. The van der Waals surface area contributed by atoms with E-state index in [0.717, 1.165) is 0 Å². The van der Waals surface area contributed by atoms with Crippen molar-refractivity contribution in [3.8, 4) is 0 Å². The summed E-state index contributed by atoms with van der Waals surface area (Å²) in [7, 11) is 0. The summed E-state index contributed by atoms with van der Waals surface area (Å²) in [6.45, 7) is 7.77. The maximum atomic E-state index is 12.7. The lowest BCUT2D eigenvalue weighted by Crippen LogP contribution is -2.65. The fourth-order valence-electron chi connectivity index (χ4n) is 6.00. The Hall–Kier alpha value is -1.75. The number of carbonyl (C=O) groups is 1. The number of aliphatic hydroxyl groups is 3. The molecule has 0 aromatic carbocycles. The van der Waals surface area contributed by atoms with Crippen LogP contribution in [0.4, 0.5) is 0 Å². The zero-order chi connectivity index (χ0) is 30.3. The van der Waals surface area contributed by atoms with Crippen molar-refractivity contribution in [3.63, 3.8) is 0 Å². The van der Waals surface area contributed by atoms with Crippen LogP contribution in [0.3, 0.4) is 0 Å². The van der Waals surface area contributed by atoms with Gasteiger partial charge in [-0.15, -0.1) is 0 Å². The van der Waals surface area contributed by atoms with Crippen molar-refractivity contribution in [1.82, 2.24) is 10.6 Å². The van der Waals surface area contributed by atoms with Gasteiger partial charge in [-0.25, -0.2) is 0 Å². The fraction of sp³-hybridized carbons (Fsp3) is 0.889. The number of hydrogen-bond donors (Lipinski definition) is 7. The monoisotopic (exact) mass is 587 g/mol. The lowest BCUT2D eigenvalue weighted by molar-refractivity contribution is -0.277. The lowest BCUT2D eigenvalue weighted by Gasteiger charge is -2.49. The van der Waals surface area contributed by atoms with Crippen molar-refractivity contribution >= 4 is 5.91 Å². The zero-order valence-corrected chi connectivity index (χ0v) is 24.5. The van der Waals surface area contributed by atoms with Crippen LogP contribution in [0.1, 0.15) is 53.4 Å². The lowest BCUT2D eigenvalue weighted by atomic mass is 9.77. The van der Waals surface area contributed by atoms with Crippen molar-refractivity contribution in [2.75, 3.05) is 26.3 Å². The van der Waals surface area contributed by atoms with Crippen LogP contribution in [-0.2, 0) is 23.7 Å². The predicted molar refractivity (Wildman–Crippen MR) is 149 cm³/mol. The Morgan fingerprint density at radius 2 is 1.95 bits per heavy atom. The minimum atomic E-state index is -1.26. The standard InChI is InChI=1S/C27H49N5O9/c1-5-16-21(32-37)26(38-13-27(16,4)36)41-23-14(3)22(18(29)11-19(23)31-24(35)20(34)6-2)40-25-17(28)8-7-15(39-25)12-30-9-10-33/h7,14,16-23,25-26,30,33-34,36H,5-6,8-13,28-29H2,1-4H3,(H,31,35)/t14?,16-,17-,18?,19?,20?,21-,22+,23-,25-,26?,27+/m1/s1. The Kier molecular flexibility index (Phi) is 12.4. The Bertz CT molecular complexity index is 893. The van der Waals surface area contributed by atoms with Gasteiger partial charge in [0.1, 0.15) is 17.9 Å². The van der Waals surface area contributed by atoms with Gasteiger partial charge in [0.05, 0.1) is 49.7 Å². The molecule has 0 aromatic rings. The van der Waals surface area contributed by atoms with E-state index >= 15 is 0 Å². The Balaban J connectivity index is 1.82. The molecule has 0 spiro atoms. The Morgan fingerprint density at radius 3 is 2.59 bits per heavy atom. The zero-order valence-electron chi connectivity index (χ0n) is 24.5. The van der Waals surface area contributed by atoms with E-state index in [1.165, 1.54) is 0 Å². The maximum Gasteiger partial charge on any atom is 0.249 e. The molecule has 0 radical (unpaired) electrons. The van der Waals surface area contributed by atoms with Crippen molar-refractivity contribution in [3.05, 3.63) is 16.7 Å². The second kappa shape index (κ2) is 15.1. The summed E-state index contributed by atoms with van der Waals surface area (Å²) in [4.78, 5) is 24.7. The molecule has 0 bridgehead atoms. The van der Waals surface area contributed by atoms with Crippen LogP contribution in [0.2, 0.25) is 0 Å². The van der Waals surface area contributed by atoms with E-state index < -0.39 is 78.4 Å². The number of nitrogens with two attached hydrogens (primary N) is 2. The summed E-state index contributed by atoms with van der Waals surface area (Å²) in [5, 5.41) is 39.1. The summed E-state index contributed by atoms with van der Waals surface area (Å²) in [6.07, 6.45) is -1.09. The number of amides is 1. The minimum absolute atomic E-state index is 0.00270. The molecule has 236 valence electrons. The van der Waals surface area contributed by atoms with E-state index in [-0.39, 0.29) is 26.1 Å². The smallest absolute Gasteiger partial charge is 0.249 e. The molecule has 41 heavy (non-hydrogen) atoms. The van der Waals surface area contributed by atoms with Crippen LogP contribution in [0, 0.1) is 16.7 Å². The van der Waals surface area contributed by atoms with Gasteiger partial charge in [0.2, 0.25) is 12.2 Å². The third-order valence-electron chi connectivity index (χ3n) is 8.39. The van der Waals surface area contributed by atoms with Crippen molar-refractivity contribution in [1.29, 1.82) is 0 Å². The van der Waals surface area contributed by atoms with Crippen molar-refractivity contribution in [2.24, 2.45) is 28.5 Å². The Labute approximate surface area is 241 Å². The second-order valence-corrected chi connectivity index (χ2v) is 11.6. The number of aliphatic hydroxyl groups excluding tert-OH is 2. The van der Waals surface area contributed by atoms with Gasteiger partial charge in [-0.1, -0.05) is 25.9 Å². The SMILES string of the molecule is CCC(O)C(=O)NC1CC(N)[C@@H](O[C@H]2OC(CNCCO)=CC[C@H]2N)C(C)[C@H]1OC1OC[C@](C)(O)[C@H](CC)[C@H]1N=O. The van der Waals surface area contributed by atoms with E-state index in [2.05, 4.69) is 15.8 Å². The molecule has 1 saturated carbocycles. The van der Waals surface area contributed by atoms with Crippen LogP contribution in [0.15, 0.2) is 17.0 Å². The average Bonchev–Trinajstić information content (AvgIpc) is 2.94. The first-order chi connectivity index (χ1) is 19.5. The van der Waals surface area contributed by atoms with E-state index in [9.17, 15) is 19.9 Å². The van der Waals surface area contributed by atoms with Crippen LogP contribution < -0.4 is 22.1 Å². The highest BCUT2D eigenvalue weighted by atomic mass is 16.7. The van der Waals surface area contributed by atoms with E-state index in [4.69, 9.17) is 35.5 Å². The number of ether oxygens (including phenoxy) is 4. The molecular formula is C27H49N5O9. The molecule has 1 aliphatic carbocycles. The summed E-state index contributed by atoms with van der Waals surface area (Å²) < 4.78 is 24.6. The first-order valence-electron chi connectivity index (χ1n) is 14.6. The van der Waals surface area contributed by atoms with Gasteiger partial charge in [-0.05, 0) is 38.7 Å². The molecule has 1 amide bonds. The van der Waals surface area contributed by atoms with E-state index in [0.29, 0.717) is 31.7 Å². The molecule has 2 aliphatic heterocycles. The number of nitrogens with zero attached hydrogens (tertiary/aromatic N) is 1. The largest absolute Gasteiger partial charge is 0.467 e. The Morgan fingerprint density at radius 1 is 1.24 bits per heavy atom. The quantitative estimate of drug-likeness (QED) is 0.104. The molecule has 12 atom stereocenters. The third kappa shape index (κ3) is 8.21. The molecule has 14 nitrogen and oxygen atoms in total. The summed E-state index contributed by atoms with van der Waals surface area (Å²) in [6, 6.07) is -2.63.